The van der Waals surface area contributed by atoms with Crippen LogP contribution in [0.5, 0.6) is 0 Å². The fourth-order valence-corrected chi connectivity index (χ4v) is 2.27. The third kappa shape index (κ3) is 2.75. The van der Waals surface area contributed by atoms with Crippen molar-refractivity contribution >= 4 is 0 Å². The van der Waals surface area contributed by atoms with Crippen LogP contribution in [-0.4, -0.2) is 19.0 Å². The Morgan fingerprint density at radius 3 is 2.15 bits per heavy atom. The Morgan fingerprint density at radius 2 is 1.77 bits per heavy atom. The second-order valence-corrected chi connectivity index (χ2v) is 4.51. The van der Waals surface area contributed by atoms with Gasteiger partial charge in [0.15, 0.2) is 0 Å². The molecule has 0 saturated heterocycles. The van der Waals surface area contributed by atoms with Gasteiger partial charge in [-0.15, -0.1) is 0 Å². The van der Waals surface area contributed by atoms with Gasteiger partial charge < -0.3 is 4.90 Å². The molecule has 0 unspecified atom stereocenters. The molecule has 0 heterocycles. The van der Waals surface area contributed by atoms with Crippen LogP contribution < -0.4 is 0 Å². The summed E-state index contributed by atoms with van der Waals surface area (Å²) in [6, 6.07) is 0. The number of allylic oxidation sites excluding steroid dienone is 1. The van der Waals surface area contributed by atoms with Gasteiger partial charge in [0.05, 0.1) is 0 Å². The van der Waals surface area contributed by atoms with E-state index in [0.717, 1.165) is 11.8 Å². The molecule has 1 rings (SSSR count). The first kappa shape index (κ1) is 10.6. The largest absolute Gasteiger partial charge is 0.381 e. The summed E-state index contributed by atoms with van der Waals surface area (Å²) >= 11 is 0. The lowest BCUT2D eigenvalue weighted by molar-refractivity contribution is 0.265. The van der Waals surface area contributed by atoms with Crippen LogP contribution in [0.25, 0.3) is 0 Å². The molecule has 1 saturated carbocycles. The normalized spacial score (nSPS) is 28.5. The van der Waals surface area contributed by atoms with Crippen molar-refractivity contribution in [1.82, 2.24) is 4.90 Å². The van der Waals surface area contributed by atoms with Crippen molar-refractivity contribution in [3.63, 3.8) is 0 Å². The molecule has 1 aliphatic carbocycles. The molecule has 1 heteroatoms. The Kier molecular flexibility index (Phi) is 3.83. The molecule has 0 atom stereocenters. The zero-order chi connectivity index (χ0) is 9.84. The predicted molar refractivity (Wildman–Crippen MR) is 58.6 cm³/mol. The Morgan fingerprint density at radius 1 is 1.23 bits per heavy atom. The van der Waals surface area contributed by atoms with Crippen LogP contribution in [0.4, 0.5) is 0 Å². The van der Waals surface area contributed by atoms with Crippen LogP contribution in [0.3, 0.4) is 0 Å². The highest BCUT2D eigenvalue weighted by molar-refractivity contribution is 4.99. The molecular weight excluding hydrogens is 158 g/mol. The lowest BCUT2D eigenvalue weighted by Gasteiger charge is -2.32. The van der Waals surface area contributed by atoms with Gasteiger partial charge in [-0.25, -0.2) is 0 Å². The molecule has 0 N–H and O–H groups in total. The highest BCUT2D eigenvalue weighted by Gasteiger charge is 2.22. The van der Waals surface area contributed by atoms with Crippen LogP contribution in [0.1, 0.15) is 39.0 Å². The van der Waals surface area contributed by atoms with Crippen molar-refractivity contribution in [1.29, 1.82) is 0 Å². The molecule has 76 valence electrons. The first-order valence-corrected chi connectivity index (χ1v) is 5.51. The van der Waals surface area contributed by atoms with E-state index in [1.807, 2.05) is 0 Å². The topological polar surface area (TPSA) is 3.24 Å². The molecule has 0 aromatic rings. The van der Waals surface area contributed by atoms with E-state index in [2.05, 4.69) is 32.5 Å². The van der Waals surface area contributed by atoms with E-state index in [9.17, 15) is 0 Å². The zero-order valence-corrected chi connectivity index (χ0v) is 9.34. The third-order valence-electron chi connectivity index (χ3n) is 3.47. The molecule has 0 aliphatic heterocycles. The second kappa shape index (κ2) is 4.69. The van der Waals surface area contributed by atoms with E-state index in [-0.39, 0.29) is 0 Å². The summed E-state index contributed by atoms with van der Waals surface area (Å²) in [5, 5.41) is 0. The fourth-order valence-electron chi connectivity index (χ4n) is 2.27. The summed E-state index contributed by atoms with van der Waals surface area (Å²) < 4.78 is 0. The summed E-state index contributed by atoms with van der Waals surface area (Å²) in [5.41, 5.74) is 1.33. The van der Waals surface area contributed by atoms with Crippen LogP contribution in [0.15, 0.2) is 12.3 Å². The average molecular weight is 181 g/mol. The molecule has 1 aliphatic rings. The lowest BCUT2D eigenvalue weighted by atomic mass is 9.79. The fraction of sp³-hybridized carbons (Fsp3) is 0.833. The van der Waals surface area contributed by atoms with E-state index in [1.165, 1.54) is 37.8 Å². The van der Waals surface area contributed by atoms with Gasteiger partial charge in [0.1, 0.15) is 0 Å². The summed E-state index contributed by atoms with van der Waals surface area (Å²) in [7, 11) is 4.21. The van der Waals surface area contributed by atoms with Gasteiger partial charge in [-0.2, -0.15) is 0 Å². The first-order valence-electron chi connectivity index (χ1n) is 5.51. The van der Waals surface area contributed by atoms with E-state index in [4.69, 9.17) is 0 Å². The van der Waals surface area contributed by atoms with E-state index in [1.54, 1.807) is 0 Å². The molecule has 0 aromatic carbocycles. The Hall–Kier alpha value is -0.460. The van der Waals surface area contributed by atoms with Gasteiger partial charge in [0.2, 0.25) is 0 Å². The second-order valence-electron chi connectivity index (χ2n) is 4.51. The van der Waals surface area contributed by atoms with Crippen molar-refractivity contribution < 1.29 is 0 Å². The standard InChI is InChI=1S/C12H23N/c1-5-11-6-8-12(9-7-11)10(2)13(3)4/h11-12H,2,5-9H2,1,3-4H3. The summed E-state index contributed by atoms with van der Waals surface area (Å²) in [4.78, 5) is 2.18. The Bertz CT molecular complexity index is 164. The van der Waals surface area contributed by atoms with E-state index >= 15 is 0 Å². The van der Waals surface area contributed by atoms with Gasteiger partial charge in [0.25, 0.3) is 0 Å². The van der Waals surface area contributed by atoms with Crippen LogP contribution in [-0.2, 0) is 0 Å². The maximum atomic E-state index is 4.15. The summed E-state index contributed by atoms with van der Waals surface area (Å²) in [6.07, 6.45) is 6.90. The highest BCUT2D eigenvalue weighted by atomic mass is 15.1. The van der Waals surface area contributed by atoms with E-state index in [0.29, 0.717) is 0 Å². The van der Waals surface area contributed by atoms with Gasteiger partial charge in [-0.1, -0.05) is 19.9 Å². The number of rotatable bonds is 3. The maximum absolute atomic E-state index is 4.15. The minimum absolute atomic E-state index is 0.762. The number of hydrogen-bond donors (Lipinski definition) is 0. The molecule has 1 fully saturated rings. The SMILES string of the molecule is C=C(C1CCC(CC)CC1)N(C)C. The predicted octanol–water partition coefficient (Wildman–Crippen LogP) is 3.28. The highest BCUT2D eigenvalue weighted by Crippen LogP contribution is 2.34. The van der Waals surface area contributed by atoms with Crippen LogP contribution in [0, 0.1) is 11.8 Å². The summed E-state index contributed by atoms with van der Waals surface area (Å²) in [5.74, 6) is 1.75. The molecule has 1 nitrogen and oxygen atoms in total. The molecule has 13 heavy (non-hydrogen) atoms. The number of nitrogens with zero attached hydrogens (tertiary/aromatic N) is 1. The van der Waals surface area contributed by atoms with Crippen molar-refractivity contribution in [3.05, 3.63) is 12.3 Å². The van der Waals surface area contributed by atoms with Crippen molar-refractivity contribution in [2.75, 3.05) is 14.1 Å². The van der Waals surface area contributed by atoms with Crippen molar-refractivity contribution in [3.8, 4) is 0 Å². The molecule has 0 bridgehead atoms. The van der Waals surface area contributed by atoms with Gasteiger partial charge in [0, 0.05) is 19.8 Å². The molecule has 0 aromatic heterocycles. The minimum atomic E-state index is 0.762. The van der Waals surface area contributed by atoms with Crippen LogP contribution in [0.2, 0.25) is 0 Å². The maximum Gasteiger partial charge on any atom is 0.00860 e. The first-order chi connectivity index (χ1) is 6.15. The number of hydrogen-bond acceptors (Lipinski definition) is 1. The van der Waals surface area contributed by atoms with Crippen molar-refractivity contribution in [2.45, 2.75) is 39.0 Å². The van der Waals surface area contributed by atoms with Gasteiger partial charge >= 0.3 is 0 Å². The average Bonchev–Trinajstić information content (AvgIpc) is 2.17. The smallest absolute Gasteiger partial charge is 0.00860 e. The van der Waals surface area contributed by atoms with Gasteiger partial charge in [-0.05, 0) is 37.5 Å². The van der Waals surface area contributed by atoms with Gasteiger partial charge in [-0.3, -0.25) is 0 Å². The monoisotopic (exact) mass is 181 g/mol. The van der Waals surface area contributed by atoms with Crippen LogP contribution >= 0.6 is 0 Å². The molecular formula is C12H23N. The molecule has 0 radical (unpaired) electrons. The lowest BCUT2D eigenvalue weighted by Crippen LogP contribution is -2.22. The molecule has 0 spiro atoms. The zero-order valence-electron chi connectivity index (χ0n) is 9.34. The Balaban J connectivity index is 2.36. The summed E-state index contributed by atoms with van der Waals surface area (Å²) in [6.45, 7) is 6.47. The van der Waals surface area contributed by atoms with Crippen molar-refractivity contribution in [2.24, 2.45) is 11.8 Å². The third-order valence-corrected chi connectivity index (χ3v) is 3.47. The quantitative estimate of drug-likeness (QED) is 0.646. The minimum Gasteiger partial charge on any atom is -0.381 e. The molecule has 0 amide bonds. The van der Waals surface area contributed by atoms with E-state index < -0.39 is 0 Å². The Labute approximate surface area is 82.8 Å².